The zero-order valence-electron chi connectivity index (χ0n) is 34.7. The Morgan fingerprint density at radius 3 is 0.942 bits per heavy atom. The number of nitrogens with zero attached hydrogens (tertiary/aromatic N) is 3. The fourth-order valence-electron chi connectivity index (χ4n) is 7.16. The fraction of sp³-hybridized carbons (Fsp3) is 0.551. The van der Waals surface area contributed by atoms with Crippen LogP contribution in [0.5, 0.6) is 0 Å². The Kier molecular flexibility index (Phi) is 25.6. The Bertz CT molecular complexity index is 1270. The molecule has 3 heterocycles. The van der Waals surface area contributed by atoms with E-state index in [1.165, 1.54) is 156 Å². The minimum absolute atomic E-state index is 1.10. The summed E-state index contributed by atoms with van der Waals surface area (Å²) in [7, 11) is 2.19. The second-order valence-electron chi connectivity index (χ2n) is 13.9. The molecule has 0 aromatic heterocycles. The Morgan fingerprint density at radius 2 is 0.673 bits per heavy atom. The van der Waals surface area contributed by atoms with E-state index in [1.54, 1.807) is 0 Å². The summed E-state index contributed by atoms with van der Waals surface area (Å²) >= 11 is 0. The summed E-state index contributed by atoms with van der Waals surface area (Å²) < 4.78 is 0. The van der Waals surface area contributed by atoms with E-state index in [-0.39, 0.29) is 0 Å². The number of benzene rings is 4. The molecule has 4 aromatic rings. The summed E-state index contributed by atoms with van der Waals surface area (Å²) in [4.78, 5) is 7.43. The summed E-state index contributed by atoms with van der Waals surface area (Å²) in [5.41, 5.74) is 6.05. The number of hydrogen-bond donors (Lipinski definition) is 0. The van der Waals surface area contributed by atoms with Crippen molar-refractivity contribution in [1.82, 2.24) is 14.7 Å². The number of piperidine rings is 3. The van der Waals surface area contributed by atoms with Crippen LogP contribution in [0.2, 0.25) is 0 Å². The molecule has 3 saturated heterocycles. The minimum Gasteiger partial charge on any atom is -0.306 e. The number of likely N-dealkylation sites (tertiary alicyclic amines) is 3. The fourth-order valence-corrected chi connectivity index (χ4v) is 7.16. The van der Waals surface area contributed by atoms with Crippen molar-refractivity contribution in [2.45, 2.75) is 119 Å². The van der Waals surface area contributed by atoms with Crippen molar-refractivity contribution >= 4 is 10.8 Å². The van der Waals surface area contributed by atoms with Gasteiger partial charge in [0.15, 0.2) is 0 Å². The SMILES string of the molecule is CC.CC.CCN1CCCCC1.CCN1CCCCC1.CN1CCCCC1.c1ccc2c(c1)CCc1ccccc1C2.c1ccc2ccccc2c1. The molecule has 0 bridgehead atoms. The zero-order chi connectivity index (χ0) is 37.7. The number of aryl methyl sites for hydroxylation is 2. The largest absolute Gasteiger partial charge is 0.306 e. The summed E-state index contributed by atoms with van der Waals surface area (Å²) in [5.74, 6) is 0. The van der Waals surface area contributed by atoms with Crippen LogP contribution in [0.4, 0.5) is 0 Å². The van der Waals surface area contributed by atoms with Gasteiger partial charge in [-0.15, -0.1) is 0 Å². The number of rotatable bonds is 2. The zero-order valence-corrected chi connectivity index (χ0v) is 34.7. The highest BCUT2D eigenvalue weighted by molar-refractivity contribution is 5.82. The monoisotopic (exact) mass is 708 g/mol. The van der Waals surface area contributed by atoms with Gasteiger partial charge in [0, 0.05) is 0 Å². The van der Waals surface area contributed by atoms with Crippen LogP contribution in [0.1, 0.15) is 122 Å². The van der Waals surface area contributed by atoms with Crippen LogP contribution in [0.25, 0.3) is 10.8 Å². The normalized spacial score (nSPS) is 16.8. The van der Waals surface area contributed by atoms with Gasteiger partial charge in [-0.25, -0.2) is 0 Å². The van der Waals surface area contributed by atoms with E-state index in [0.717, 1.165) is 6.42 Å². The lowest BCUT2D eigenvalue weighted by atomic mass is 10.0. The van der Waals surface area contributed by atoms with Crippen molar-refractivity contribution in [3.63, 3.8) is 0 Å². The number of hydrogen-bond acceptors (Lipinski definition) is 3. The molecule has 4 aliphatic rings. The molecule has 288 valence electrons. The van der Waals surface area contributed by atoms with Gasteiger partial charge >= 0.3 is 0 Å². The molecule has 0 spiro atoms. The summed E-state index contributed by atoms with van der Waals surface area (Å²) in [6.45, 7) is 23.0. The van der Waals surface area contributed by atoms with Crippen LogP contribution in [-0.4, -0.2) is 74.1 Å². The maximum absolute atomic E-state index is 2.52. The smallest absolute Gasteiger partial charge is 0.00188 e. The van der Waals surface area contributed by atoms with Gasteiger partial charge in [0.25, 0.3) is 0 Å². The first kappa shape index (κ1) is 45.2. The standard InChI is InChI=1S/C15H14.C10H8.2C7H15N.C6H13N.2C2H6/c1-3-7-14-11-15-8-4-2-6-13(15)10-9-12(14)5-1;1-2-6-10-8-4-3-7-9(10)5-1;2*1-2-8-6-4-3-5-7-8;1-7-5-3-2-4-6-7;2*1-2/h1-8H,9-11H2;1-8H;2*2-7H2,1H3;2-6H2,1H3;2*1-2H3. The van der Waals surface area contributed by atoms with E-state index in [4.69, 9.17) is 0 Å². The van der Waals surface area contributed by atoms with Crippen LogP contribution in [-0.2, 0) is 19.3 Å². The predicted molar refractivity (Wildman–Crippen MR) is 233 cm³/mol. The Hall–Kier alpha value is -2.98. The molecule has 52 heavy (non-hydrogen) atoms. The third-order valence-corrected chi connectivity index (χ3v) is 10.3. The molecule has 8 rings (SSSR count). The minimum atomic E-state index is 1.10. The van der Waals surface area contributed by atoms with Gasteiger partial charge in [-0.3, -0.25) is 0 Å². The van der Waals surface area contributed by atoms with Crippen molar-refractivity contribution in [1.29, 1.82) is 0 Å². The first-order valence-electron chi connectivity index (χ1n) is 21.4. The van der Waals surface area contributed by atoms with E-state index < -0.39 is 0 Å². The topological polar surface area (TPSA) is 9.72 Å². The molecule has 0 saturated carbocycles. The molecule has 3 fully saturated rings. The van der Waals surface area contributed by atoms with Crippen molar-refractivity contribution in [3.05, 3.63) is 119 Å². The highest BCUT2D eigenvalue weighted by Crippen LogP contribution is 2.23. The van der Waals surface area contributed by atoms with Crippen LogP contribution in [0.15, 0.2) is 97.1 Å². The summed E-state index contributed by atoms with van der Waals surface area (Å²) in [6, 6.07) is 34.4. The molecule has 0 unspecified atom stereocenters. The molecular formula is C49H77N3. The van der Waals surface area contributed by atoms with Gasteiger partial charge in [0.1, 0.15) is 0 Å². The van der Waals surface area contributed by atoms with Gasteiger partial charge < -0.3 is 14.7 Å². The van der Waals surface area contributed by atoms with Gasteiger partial charge in [0.2, 0.25) is 0 Å². The van der Waals surface area contributed by atoms with Crippen LogP contribution < -0.4 is 0 Å². The van der Waals surface area contributed by atoms with Crippen molar-refractivity contribution in [3.8, 4) is 0 Å². The van der Waals surface area contributed by atoms with Crippen molar-refractivity contribution < 1.29 is 0 Å². The van der Waals surface area contributed by atoms with Crippen molar-refractivity contribution in [2.24, 2.45) is 0 Å². The van der Waals surface area contributed by atoms with Gasteiger partial charge in [0.05, 0.1) is 0 Å². The van der Waals surface area contributed by atoms with E-state index in [9.17, 15) is 0 Å². The highest BCUT2D eigenvalue weighted by atomic mass is 15.1. The van der Waals surface area contributed by atoms with E-state index >= 15 is 0 Å². The molecule has 0 radical (unpaired) electrons. The number of fused-ring (bicyclic) bond motifs is 3. The van der Waals surface area contributed by atoms with Gasteiger partial charge in [-0.2, -0.15) is 0 Å². The molecule has 0 N–H and O–H groups in total. The Balaban J connectivity index is 0.000000226. The second kappa shape index (κ2) is 29.5. The molecule has 1 aliphatic carbocycles. The molecule has 3 aliphatic heterocycles. The van der Waals surface area contributed by atoms with E-state index in [0.29, 0.717) is 0 Å². The van der Waals surface area contributed by atoms with E-state index in [1.807, 2.05) is 27.7 Å². The Labute approximate surface area is 321 Å². The third-order valence-electron chi connectivity index (χ3n) is 10.3. The predicted octanol–water partition coefficient (Wildman–Crippen LogP) is 12.4. The lowest BCUT2D eigenvalue weighted by Crippen LogP contribution is -2.29. The average Bonchev–Trinajstić information content (AvgIpc) is 3.44. The molecule has 4 aromatic carbocycles. The molecule has 0 amide bonds. The van der Waals surface area contributed by atoms with Crippen molar-refractivity contribution in [2.75, 3.05) is 59.4 Å². The second-order valence-corrected chi connectivity index (χ2v) is 13.9. The summed E-state index contributed by atoms with van der Waals surface area (Å²) in [6.07, 6.45) is 16.4. The first-order valence-corrected chi connectivity index (χ1v) is 21.4. The Morgan fingerprint density at radius 1 is 0.385 bits per heavy atom. The molecule has 3 nitrogen and oxygen atoms in total. The molecular weight excluding hydrogens is 631 g/mol. The maximum Gasteiger partial charge on any atom is -0.00188 e. The quantitative estimate of drug-likeness (QED) is 0.205. The van der Waals surface area contributed by atoms with Crippen LogP contribution in [0, 0.1) is 0 Å². The lowest BCUT2D eigenvalue weighted by molar-refractivity contribution is 0.240. The van der Waals surface area contributed by atoms with Gasteiger partial charge in [-0.1, -0.05) is 158 Å². The summed E-state index contributed by atoms with van der Waals surface area (Å²) in [5, 5.41) is 2.62. The first-order chi connectivity index (χ1) is 25.7. The average molecular weight is 708 g/mol. The van der Waals surface area contributed by atoms with Crippen LogP contribution in [0.3, 0.4) is 0 Å². The van der Waals surface area contributed by atoms with E-state index in [2.05, 4.69) is 133 Å². The van der Waals surface area contributed by atoms with Crippen LogP contribution >= 0.6 is 0 Å². The maximum atomic E-state index is 2.52. The molecule has 3 heteroatoms. The third kappa shape index (κ3) is 18.2. The highest BCUT2D eigenvalue weighted by Gasteiger charge is 2.11. The lowest BCUT2D eigenvalue weighted by Gasteiger charge is -2.24. The molecule has 0 atom stereocenters. The van der Waals surface area contributed by atoms with Gasteiger partial charge in [-0.05, 0) is 150 Å².